The molecule has 0 aromatic heterocycles. The second-order valence-electron chi connectivity index (χ2n) is 5.03. The molecular weight excluding hydrogens is 188 g/mol. The van der Waals surface area contributed by atoms with Gasteiger partial charge in [0.2, 0.25) is 0 Å². The van der Waals surface area contributed by atoms with Gasteiger partial charge in [-0.1, -0.05) is 0 Å². The van der Waals surface area contributed by atoms with Gasteiger partial charge >= 0.3 is 0 Å². The van der Waals surface area contributed by atoms with E-state index in [1.54, 1.807) is 0 Å². The summed E-state index contributed by atoms with van der Waals surface area (Å²) in [4.78, 5) is 0. The highest BCUT2D eigenvalue weighted by molar-refractivity contribution is 7.92. The molecule has 4 heteroatoms. The van der Waals surface area contributed by atoms with Crippen molar-refractivity contribution in [3.05, 3.63) is 0 Å². The monoisotopic (exact) mass is 204 g/mol. The zero-order valence-electron chi connectivity index (χ0n) is 7.91. The van der Waals surface area contributed by atoms with E-state index in [4.69, 9.17) is 0 Å². The van der Waals surface area contributed by atoms with Crippen LogP contribution in [-0.4, -0.2) is 30.6 Å². The minimum atomic E-state index is -2.71. The van der Waals surface area contributed by atoms with Gasteiger partial charge in [-0.05, 0) is 38.0 Å². The molecule has 0 atom stereocenters. The van der Waals surface area contributed by atoms with Gasteiger partial charge in [-0.2, -0.15) is 0 Å². The predicted molar refractivity (Wildman–Crippen MR) is 50.2 cm³/mol. The number of hydrogen-bond donors (Lipinski definition) is 1. The molecule has 76 valence electrons. The van der Waals surface area contributed by atoms with Crippen LogP contribution in [0.15, 0.2) is 0 Å². The molecule has 13 heavy (non-hydrogen) atoms. The van der Waals surface area contributed by atoms with Crippen molar-refractivity contribution in [2.24, 2.45) is 5.41 Å². The molecule has 1 saturated carbocycles. The van der Waals surface area contributed by atoms with Crippen molar-refractivity contribution >= 4 is 9.84 Å². The summed E-state index contributed by atoms with van der Waals surface area (Å²) in [6.07, 6.45) is 3.25. The molecular formula is C9H16O3S. The molecule has 3 nitrogen and oxygen atoms in total. The maximum Gasteiger partial charge on any atom is 0.151 e. The molecule has 0 aromatic carbocycles. The highest BCUT2D eigenvalue weighted by atomic mass is 32.2. The Morgan fingerprint density at radius 3 is 1.92 bits per heavy atom. The quantitative estimate of drug-likeness (QED) is 0.632. The first-order valence-corrected chi connectivity index (χ1v) is 6.58. The van der Waals surface area contributed by atoms with Crippen molar-refractivity contribution in [1.82, 2.24) is 0 Å². The largest absolute Gasteiger partial charge is 0.390 e. The van der Waals surface area contributed by atoms with Gasteiger partial charge in [0.15, 0.2) is 9.84 Å². The fraction of sp³-hybridized carbons (Fsp3) is 1.00. The number of aliphatic hydroxyl groups is 1. The summed E-state index contributed by atoms with van der Waals surface area (Å²) in [6.45, 7) is 1.84. The van der Waals surface area contributed by atoms with Gasteiger partial charge in [-0.3, -0.25) is 0 Å². The Labute approximate surface area is 79.1 Å². The first-order chi connectivity index (χ1) is 5.83. The maximum atomic E-state index is 11.1. The Hall–Kier alpha value is -0.0900. The second kappa shape index (κ2) is 2.48. The Morgan fingerprint density at radius 2 is 1.54 bits per heavy atom. The van der Waals surface area contributed by atoms with Crippen molar-refractivity contribution in [2.75, 3.05) is 11.5 Å². The zero-order valence-corrected chi connectivity index (χ0v) is 8.73. The topological polar surface area (TPSA) is 54.4 Å². The fourth-order valence-electron chi connectivity index (χ4n) is 2.50. The molecule has 0 amide bonds. The highest BCUT2D eigenvalue weighted by Gasteiger charge is 2.51. The Morgan fingerprint density at radius 1 is 1.08 bits per heavy atom. The Balaban J connectivity index is 2.01. The van der Waals surface area contributed by atoms with Crippen LogP contribution in [0.25, 0.3) is 0 Å². The molecule has 0 radical (unpaired) electrons. The van der Waals surface area contributed by atoms with Crippen molar-refractivity contribution in [3.8, 4) is 0 Å². The predicted octanol–water partition coefficient (Wildman–Crippen LogP) is 0.726. The highest BCUT2D eigenvalue weighted by Crippen LogP contribution is 2.47. The van der Waals surface area contributed by atoms with E-state index in [0.29, 0.717) is 11.5 Å². The van der Waals surface area contributed by atoms with Crippen LogP contribution in [0.1, 0.15) is 32.6 Å². The summed E-state index contributed by atoms with van der Waals surface area (Å²) < 4.78 is 22.1. The SMILES string of the molecule is CC1(O)CCC2(CC1)CS(=O)(=O)C2. The van der Waals surface area contributed by atoms with Gasteiger partial charge in [0.25, 0.3) is 0 Å². The third-order valence-electron chi connectivity index (χ3n) is 3.44. The Bertz CT molecular complexity index is 292. The van der Waals surface area contributed by atoms with Crippen LogP contribution in [0.2, 0.25) is 0 Å². The summed E-state index contributed by atoms with van der Waals surface area (Å²) in [5.74, 6) is 0.714. The standard InChI is InChI=1S/C9H16O3S/c1-8(10)2-4-9(5-3-8)6-13(11,12)7-9/h10H,2-7H2,1H3. The van der Waals surface area contributed by atoms with Crippen LogP contribution in [-0.2, 0) is 9.84 Å². The molecule has 2 aliphatic rings. The van der Waals surface area contributed by atoms with E-state index in [0.717, 1.165) is 25.7 Å². The molecule has 2 rings (SSSR count). The van der Waals surface area contributed by atoms with Gasteiger partial charge in [-0.15, -0.1) is 0 Å². The van der Waals surface area contributed by atoms with E-state index < -0.39 is 15.4 Å². The van der Waals surface area contributed by atoms with E-state index in [1.807, 2.05) is 6.92 Å². The summed E-state index contributed by atoms with van der Waals surface area (Å²) in [7, 11) is -2.71. The van der Waals surface area contributed by atoms with E-state index in [1.165, 1.54) is 0 Å². The molecule has 1 heterocycles. The average molecular weight is 204 g/mol. The second-order valence-corrected chi connectivity index (χ2v) is 7.09. The van der Waals surface area contributed by atoms with E-state index in [-0.39, 0.29) is 5.41 Å². The van der Waals surface area contributed by atoms with Crippen molar-refractivity contribution in [2.45, 2.75) is 38.2 Å². The fourth-order valence-corrected chi connectivity index (χ4v) is 4.86. The van der Waals surface area contributed by atoms with Crippen molar-refractivity contribution < 1.29 is 13.5 Å². The molecule has 0 aromatic rings. The summed E-state index contributed by atoms with van der Waals surface area (Å²) >= 11 is 0. The molecule has 0 bridgehead atoms. The minimum Gasteiger partial charge on any atom is -0.390 e. The average Bonchev–Trinajstić information content (AvgIpc) is 1.92. The van der Waals surface area contributed by atoms with Gasteiger partial charge in [0.05, 0.1) is 17.1 Å². The lowest BCUT2D eigenvalue weighted by Gasteiger charge is -2.47. The molecule has 0 unspecified atom stereocenters. The zero-order chi connectivity index (χ0) is 9.74. The van der Waals surface area contributed by atoms with Gasteiger partial charge in [-0.25, -0.2) is 8.42 Å². The summed E-state index contributed by atoms with van der Waals surface area (Å²) in [5, 5.41) is 9.71. The van der Waals surface area contributed by atoms with Crippen LogP contribution in [0.3, 0.4) is 0 Å². The molecule has 1 spiro atoms. The summed E-state index contributed by atoms with van der Waals surface area (Å²) in [6, 6.07) is 0. The van der Waals surface area contributed by atoms with E-state index >= 15 is 0 Å². The molecule has 1 saturated heterocycles. The minimum absolute atomic E-state index is 0.0427. The molecule has 1 N–H and O–H groups in total. The maximum absolute atomic E-state index is 11.1. The smallest absolute Gasteiger partial charge is 0.151 e. The van der Waals surface area contributed by atoms with Gasteiger partial charge < -0.3 is 5.11 Å². The molecule has 2 fully saturated rings. The lowest BCUT2D eigenvalue weighted by Crippen LogP contribution is -2.52. The lowest BCUT2D eigenvalue weighted by molar-refractivity contribution is -0.0116. The number of sulfone groups is 1. The molecule has 1 aliphatic carbocycles. The third-order valence-corrected chi connectivity index (χ3v) is 5.54. The number of hydrogen-bond acceptors (Lipinski definition) is 3. The number of rotatable bonds is 0. The van der Waals surface area contributed by atoms with Crippen LogP contribution < -0.4 is 0 Å². The first-order valence-electron chi connectivity index (χ1n) is 4.76. The Kier molecular flexibility index (Phi) is 1.81. The van der Waals surface area contributed by atoms with Gasteiger partial charge in [0.1, 0.15) is 0 Å². The van der Waals surface area contributed by atoms with E-state index in [2.05, 4.69) is 0 Å². The van der Waals surface area contributed by atoms with Crippen LogP contribution in [0.4, 0.5) is 0 Å². The first kappa shape index (κ1) is 9.46. The normalized spacial score (nSPS) is 34.0. The van der Waals surface area contributed by atoms with Crippen LogP contribution in [0.5, 0.6) is 0 Å². The summed E-state index contributed by atoms with van der Waals surface area (Å²) in [5.41, 5.74) is -0.508. The van der Waals surface area contributed by atoms with Crippen LogP contribution in [0, 0.1) is 5.41 Å². The van der Waals surface area contributed by atoms with Crippen LogP contribution >= 0.6 is 0 Å². The lowest BCUT2D eigenvalue weighted by atomic mass is 9.71. The third kappa shape index (κ3) is 1.74. The van der Waals surface area contributed by atoms with Crippen molar-refractivity contribution in [1.29, 1.82) is 0 Å². The van der Waals surface area contributed by atoms with Gasteiger partial charge in [0, 0.05) is 0 Å². The van der Waals surface area contributed by atoms with Crippen molar-refractivity contribution in [3.63, 3.8) is 0 Å². The van der Waals surface area contributed by atoms with E-state index in [9.17, 15) is 13.5 Å². The molecule has 1 aliphatic heterocycles.